The second-order valence-electron chi connectivity index (χ2n) is 16.9. The molecule has 4 saturated carbocycles. The lowest BCUT2D eigenvalue weighted by Crippen LogP contribution is -2.80. The Balaban J connectivity index is 1.27. The van der Waals surface area contributed by atoms with Crippen LogP contribution >= 0.6 is 0 Å². The molecule has 0 spiro atoms. The summed E-state index contributed by atoms with van der Waals surface area (Å²) < 4.78 is 0. The van der Waals surface area contributed by atoms with Crippen LogP contribution in [0.2, 0.25) is 13.1 Å². The van der Waals surface area contributed by atoms with Crippen molar-refractivity contribution in [1.82, 2.24) is 0 Å². The van der Waals surface area contributed by atoms with E-state index in [4.69, 9.17) is 0 Å². The quantitative estimate of drug-likeness (QED) is 0.208. The molecule has 0 aromatic heterocycles. The van der Waals surface area contributed by atoms with Gasteiger partial charge in [-0.05, 0) is 120 Å². The van der Waals surface area contributed by atoms with Crippen molar-refractivity contribution in [3.63, 3.8) is 0 Å². The predicted octanol–water partition coefficient (Wildman–Crippen LogP) is 6.84. The summed E-state index contributed by atoms with van der Waals surface area (Å²) in [6, 6.07) is 31.5. The smallest absolute Gasteiger partial charge is 0.251 e. The molecule has 220 valence electrons. The zero-order chi connectivity index (χ0) is 29.7. The van der Waals surface area contributed by atoms with Gasteiger partial charge in [0.1, 0.15) is 8.07 Å². The van der Waals surface area contributed by atoms with Crippen molar-refractivity contribution in [2.45, 2.75) is 83.3 Å². The molecule has 3 aliphatic heterocycles. The standard InChI is InChI=1S/C40H43BN2Si/c1-39(2,3)28-15-17-29(18-16-28)42-30-9-6-11-32-36(30)41-37-31(42)10-7-13-34(37)44(4,5)35-14-8-12-33(38(35)41)43(32)40-22-25-19-26(23-40)21-27(20-25)24-40/h6-18,25-27H,19-24H2,1-5H3. The van der Waals surface area contributed by atoms with Crippen molar-refractivity contribution in [3.8, 4) is 0 Å². The Morgan fingerprint density at radius 3 is 1.68 bits per heavy atom. The van der Waals surface area contributed by atoms with Gasteiger partial charge in [-0.2, -0.15) is 0 Å². The van der Waals surface area contributed by atoms with Crippen molar-refractivity contribution in [3.05, 3.63) is 84.4 Å². The minimum absolute atomic E-state index is 0.136. The molecule has 0 saturated heterocycles. The summed E-state index contributed by atoms with van der Waals surface area (Å²) in [6.45, 7) is 12.5. The van der Waals surface area contributed by atoms with E-state index >= 15 is 0 Å². The Kier molecular flexibility index (Phi) is 4.92. The van der Waals surface area contributed by atoms with Gasteiger partial charge in [0.05, 0.1) is 0 Å². The Bertz CT molecular complexity index is 1850. The first-order valence-corrected chi connectivity index (χ1v) is 20.2. The van der Waals surface area contributed by atoms with Gasteiger partial charge in [-0.25, -0.2) is 0 Å². The molecule has 11 rings (SSSR count). The topological polar surface area (TPSA) is 6.48 Å². The highest BCUT2D eigenvalue weighted by Gasteiger charge is 2.58. The molecule has 0 atom stereocenters. The van der Waals surface area contributed by atoms with Gasteiger partial charge < -0.3 is 9.80 Å². The molecule has 4 aromatic rings. The first-order valence-electron chi connectivity index (χ1n) is 17.2. The molecular weight excluding hydrogens is 547 g/mol. The zero-order valence-corrected chi connectivity index (χ0v) is 28.0. The van der Waals surface area contributed by atoms with E-state index in [9.17, 15) is 0 Å². The number of hydrogen-bond donors (Lipinski definition) is 0. The average molecular weight is 591 g/mol. The minimum Gasteiger partial charge on any atom is -0.336 e. The molecule has 4 bridgehead atoms. The molecular formula is C40H43BN2Si. The van der Waals surface area contributed by atoms with E-state index < -0.39 is 8.07 Å². The van der Waals surface area contributed by atoms with E-state index in [0.29, 0.717) is 6.71 Å². The summed E-state index contributed by atoms with van der Waals surface area (Å²) in [5.74, 6) is 2.73. The second-order valence-corrected chi connectivity index (χ2v) is 21.2. The second kappa shape index (κ2) is 8.32. The lowest BCUT2D eigenvalue weighted by Gasteiger charge is -2.63. The molecule has 0 N–H and O–H groups in total. The van der Waals surface area contributed by atoms with Crippen LogP contribution < -0.4 is 36.6 Å². The van der Waals surface area contributed by atoms with Gasteiger partial charge in [-0.3, -0.25) is 0 Å². The predicted molar refractivity (Wildman–Crippen MR) is 191 cm³/mol. The van der Waals surface area contributed by atoms with E-state index in [2.05, 4.69) is 123 Å². The highest BCUT2D eigenvalue weighted by atomic mass is 28.3. The van der Waals surface area contributed by atoms with Crippen molar-refractivity contribution < 1.29 is 0 Å². The molecule has 2 nitrogen and oxygen atoms in total. The van der Waals surface area contributed by atoms with E-state index in [1.807, 2.05) is 0 Å². The van der Waals surface area contributed by atoms with Gasteiger partial charge in [-0.1, -0.05) is 86.7 Å². The Labute approximate surface area is 264 Å². The number of hydrogen-bond acceptors (Lipinski definition) is 2. The molecule has 4 heteroatoms. The van der Waals surface area contributed by atoms with Crippen LogP contribution in [-0.2, 0) is 5.41 Å². The molecule has 4 fully saturated rings. The summed E-state index contributed by atoms with van der Waals surface area (Å²) in [6.07, 6.45) is 8.55. The lowest BCUT2D eigenvalue weighted by molar-refractivity contribution is 0.000642. The van der Waals surface area contributed by atoms with Gasteiger partial charge in [0.25, 0.3) is 6.71 Å². The molecule has 0 amide bonds. The monoisotopic (exact) mass is 590 g/mol. The molecule has 3 heterocycles. The fraction of sp³-hybridized carbons (Fsp3) is 0.400. The van der Waals surface area contributed by atoms with Crippen LogP contribution in [0.3, 0.4) is 0 Å². The molecule has 4 aliphatic carbocycles. The van der Waals surface area contributed by atoms with Crippen molar-refractivity contribution >= 4 is 70.0 Å². The van der Waals surface area contributed by atoms with Crippen LogP contribution in [0, 0.1) is 17.8 Å². The van der Waals surface area contributed by atoms with Crippen molar-refractivity contribution in [2.24, 2.45) is 17.8 Å². The first-order chi connectivity index (χ1) is 21.1. The fourth-order valence-electron chi connectivity index (χ4n) is 11.5. The van der Waals surface area contributed by atoms with Crippen LogP contribution in [0.5, 0.6) is 0 Å². The van der Waals surface area contributed by atoms with E-state index in [0.717, 1.165) is 17.8 Å². The van der Waals surface area contributed by atoms with Gasteiger partial charge >= 0.3 is 0 Å². The van der Waals surface area contributed by atoms with Crippen LogP contribution in [-0.4, -0.2) is 20.3 Å². The maximum Gasteiger partial charge on any atom is 0.251 e. The summed E-state index contributed by atoms with van der Waals surface area (Å²) in [5.41, 5.74) is 13.7. The van der Waals surface area contributed by atoms with Gasteiger partial charge in [0, 0.05) is 34.0 Å². The first kappa shape index (κ1) is 26.0. The van der Waals surface area contributed by atoms with Crippen LogP contribution in [0.15, 0.2) is 78.9 Å². The molecule has 0 radical (unpaired) electrons. The molecule has 44 heavy (non-hydrogen) atoms. The van der Waals surface area contributed by atoms with E-state index in [1.165, 1.54) is 66.8 Å². The van der Waals surface area contributed by atoms with Crippen LogP contribution in [0.25, 0.3) is 0 Å². The molecule has 4 aromatic carbocycles. The summed E-state index contributed by atoms with van der Waals surface area (Å²) in [7, 11) is -1.95. The highest BCUT2D eigenvalue weighted by Crippen LogP contribution is 2.60. The Morgan fingerprint density at radius 1 is 0.636 bits per heavy atom. The van der Waals surface area contributed by atoms with Gasteiger partial charge in [0.15, 0.2) is 0 Å². The number of benzene rings is 4. The summed E-state index contributed by atoms with van der Waals surface area (Å²) in [5, 5.41) is 3.30. The van der Waals surface area contributed by atoms with E-state index in [1.54, 1.807) is 32.4 Å². The van der Waals surface area contributed by atoms with E-state index in [-0.39, 0.29) is 11.0 Å². The number of anilines is 5. The Hall–Kier alpha value is -3.24. The maximum atomic E-state index is 2.97. The lowest BCUT2D eigenvalue weighted by atomic mass is 9.33. The van der Waals surface area contributed by atoms with Crippen molar-refractivity contribution in [2.75, 3.05) is 9.80 Å². The fourth-order valence-corrected chi connectivity index (χ4v) is 14.7. The van der Waals surface area contributed by atoms with Crippen LogP contribution in [0.4, 0.5) is 28.4 Å². The minimum atomic E-state index is -1.95. The summed E-state index contributed by atoms with van der Waals surface area (Å²) in [4.78, 5) is 5.60. The highest BCUT2D eigenvalue weighted by molar-refractivity contribution is 7.16. The van der Waals surface area contributed by atoms with Crippen LogP contribution in [0.1, 0.15) is 64.9 Å². The summed E-state index contributed by atoms with van der Waals surface area (Å²) >= 11 is 0. The largest absolute Gasteiger partial charge is 0.336 e. The third-order valence-corrected chi connectivity index (χ3v) is 16.4. The number of nitrogens with zero attached hydrogens (tertiary/aromatic N) is 2. The normalized spacial score (nSPS) is 27.9. The van der Waals surface area contributed by atoms with Gasteiger partial charge in [-0.15, -0.1) is 0 Å². The number of rotatable bonds is 2. The van der Waals surface area contributed by atoms with Gasteiger partial charge in [0.2, 0.25) is 0 Å². The average Bonchev–Trinajstić information content (AvgIpc) is 2.98. The zero-order valence-electron chi connectivity index (χ0n) is 27.0. The SMILES string of the molecule is CC(C)(C)c1ccc(N2c3cccc4c3B3c5c2cccc5[Si](C)(C)c2cccc(c23)N4C23CC4CC(CC(C4)C2)C3)cc1. The molecule has 7 aliphatic rings. The Morgan fingerprint density at radius 2 is 1.11 bits per heavy atom. The third-order valence-electron chi connectivity index (χ3n) is 12.9. The maximum absolute atomic E-state index is 2.97. The third kappa shape index (κ3) is 3.18. The molecule has 0 unspecified atom stereocenters. The van der Waals surface area contributed by atoms with Crippen molar-refractivity contribution in [1.29, 1.82) is 0 Å².